The number of carbonyl (C=O) groups is 2. The number of hydrogen-bond donors (Lipinski definition) is 1. The molecule has 0 bridgehead atoms. The molecule has 1 aromatic carbocycles. The molecule has 0 radical (unpaired) electrons. The van der Waals surface area contributed by atoms with Crippen molar-refractivity contribution in [3.8, 4) is 0 Å². The van der Waals surface area contributed by atoms with Crippen molar-refractivity contribution < 1.29 is 19.1 Å². The predicted octanol–water partition coefficient (Wildman–Crippen LogP) is 2.92. The van der Waals surface area contributed by atoms with E-state index in [9.17, 15) is 9.59 Å². The lowest BCUT2D eigenvalue weighted by molar-refractivity contribution is -0.122. The van der Waals surface area contributed by atoms with Gasteiger partial charge in [-0.15, -0.1) is 0 Å². The summed E-state index contributed by atoms with van der Waals surface area (Å²) in [6.07, 6.45) is 1.61. The molecular weight excluding hydrogens is 328 g/mol. The van der Waals surface area contributed by atoms with E-state index in [1.165, 1.54) is 4.90 Å². The molecule has 0 saturated carbocycles. The zero-order chi connectivity index (χ0) is 17.3. The fourth-order valence-corrected chi connectivity index (χ4v) is 3.41. The van der Waals surface area contributed by atoms with Crippen LogP contribution in [0.4, 0.5) is 10.5 Å². The molecule has 24 heavy (non-hydrogen) atoms. The first-order chi connectivity index (χ1) is 11.5. The van der Waals surface area contributed by atoms with Crippen LogP contribution < -0.4 is 4.90 Å². The number of aliphatic hydroxyl groups is 1. The van der Waals surface area contributed by atoms with Crippen molar-refractivity contribution in [2.75, 3.05) is 31.6 Å². The maximum atomic E-state index is 12.1. The number of carbonyl (C=O) groups excluding carboxylic acids is 2. The number of nitrogens with zero attached hydrogens (tertiary/aromatic N) is 2. The van der Waals surface area contributed by atoms with Crippen molar-refractivity contribution >= 4 is 45.6 Å². The van der Waals surface area contributed by atoms with Crippen molar-refractivity contribution in [1.29, 1.82) is 0 Å². The average molecular weight is 346 g/mol. The van der Waals surface area contributed by atoms with Crippen molar-refractivity contribution in [2.45, 2.75) is 6.92 Å². The summed E-state index contributed by atoms with van der Waals surface area (Å²) >= 11 is 0.928. The van der Waals surface area contributed by atoms with Crippen LogP contribution in [0.1, 0.15) is 12.7 Å². The molecule has 6 nitrogen and oxygen atoms in total. The summed E-state index contributed by atoms with van der Waals surface area (Å²) < 4.78 is 5.79. The van der Waals surface area contributed by atoms with Crippen LogP contribution in [0.25, 0.3) is 17.0 Å². The zero-order valence-electron chi connectivity index (χ0n) is 13.5. The molecule has 2 aromatic rings. The third-order valence-electron chi connectivity index (χ3n) is 3.86. The Kier molecular flexibility index (Phi) is 4.64. The molecule has 3 rings (SSSR count). The third-order valence-corrected chi connectivity index (χ3v) is 4.77. The number of anilines is 1. The van der Waals surface area contributed by atoms with Crippen molar-refractivity contribution in [1.82, 2.24) is 4.90 Å². The van der Waals surface area contributed by atoms with Crippen molar-refractivity contribution in [2.24, 2.45) is 0 Å². The molecular formula is C17H18N2O4S. The van der Waals surface area contributed by atoms with Gasteiger partial charge >= 0.3 is 0 Å². The smallest absolute Gasteiger partial charge is 0.293 e. The maximum absolute atomic E-state index is 12.1. The quantitative estimate of drug-likeness (QED) is 0.839. The van der Waals surface area contributed by atoms with Gasteiger partial charge in [0.25, 0.3) is 11.1 Å². The van der Waals surface area contributed by atoms with Crippen molar-refractivity contribution in [3.63, 3.8) is 0 Å². The van der Waals surface area contributed by atoms with Crippen LogP contribution >= 0.6 is 11.8 Å². The molecule has 1 aliphatic heterocycles. The second-order valence-corrected chi connectivity index (χ2v) is 6.44. The first-order valence-electron chi connectivity index (χ1n) is 7.64. The lowest BCUT2D eigenvalue weighted by Gasteiger charge is -2.17. The number of benzene rings is 1. The van der Waals surface area contributed by atoms with Gasteiger partial charge in [0, 0.05) is 43.4 Å². The highest BCUT2D eigenvalue weighted by molar-refractivity contribution is 8.18. The van der Waals surface area contributed by atoms with E-state index in [4.69, 9.17) is 9.52 Å². The fourth-order valence-electron chi connectivity index (χ4n) is 2.53. The third kappa shape index (κ3) is 3.05. The Morgan fingerprint density at radius 2 is 2.12 bits per heavy atom. The molecule has 1 saturated heterocycles. The highest BCUT2D eigenvalue weighted by Gasteiger charge is 2.33. The summed E-state index contributed by atoms with van der Waals surface area (Å²) in [5.41, 5.74) is 1.63. The Morgan fingerprint density at radius 1 is 1.33 bits per heavy atom. The van der Waals surface area contributed by atoms with Gasteiger partial charge in [-0.3, -0.25) is 14.5 Å². The summed E-state index contributed by atoms with van der Waals surface area (Å²) in [6, 6.07) is 7.60. The Bertz CT molecular complexity index is 827. The molecule has 2 heterocycles. The van der Waals surface area contributed by atoms with Gasteiger partial charge in [0.05, 0.1) is 11.5 Å². The number of aliphatic hydroxyl groups excluding tert-OH is 1. The van der Waals surface area contributed by atoms with E-state index in [0.29, 0.717) is 29.3 Å². The molecule has 1 N–H and O–H groups in total. The molecule has 1 aromatic heterocycles. The number of rotatable bonds is 5. The van der Waals surface area contributed by atoms with Gasteiger partial charge in [0.1, 0.15) is 11.3 Å². The molecule has 0 spiro atoms. The van der Waals surface area contributed by atoms with Crippen LogP contribution in [0.3, 0.4) is 0 Å². The Balaban J connectivity index is 1.90. The number of hydrogen-bond acceptors (Lipinski definition) is 6. The number of thioether (sulfide) groups is 1. The Labute approximate surface area is 143 Å². The van der Waals surface area contributed by atoms with Gasteiger partial charge in [0.2, 0.25) is 0 Å². The number of likely N-dealkylation sites (N-methyl/N-ethyl adjacent to an activating group) is 2. The summed E-state index contributed by atoms with van der Waals surface area (Å²) in [5.74, 6) is 0.255. The second-order valence-electron chi connectivity index (χ2n) is 5.44. The molecule has 0 unspecified atom stereocenters. The highest BCUT2D eigenvalue weighted by Crippen LogP contribution is 2.33. The minimum atomic E-state index is -0.281. The van der Waals surface area contributed by atoms with Gasteiger partial charge < -0.3 is 14.4 Å². The van der Waals surface area contributed by atoms with E-state index >= 15 is 0 Å². The maximum Gasteiger partial charge on any atom is 0.293 e. The summed E-state index contributed by atoms with van der Waals surface area (Å²) in [5, 5.41) is 9.69. The van der Waals surface area contributed by atoms with Gasteiger partial charge in [0.15, 0.2) is 0 Å². The summed E-state index contributed by atoms with van der Waals surface area (Å²) in [7, 11) is 1.89. The van der Waals surface area contributed by atoms with Crippen LogP contribution in [0.2, 0.25) is 0 Å². The van der Waals surface area contributed by atoms with Crippen molar-refractivity contribution in [3.05, 3.63) is 34.9 Å². The zero-order valence-corrected chi connectivity index (χ0v) is 14.3. The normalized spacial score (nSPS) is 16.6. The van der Waals surface area contributed by atoms with Crippen LogP contribution in [-0.2, 0) is 4.79 Å². The van der Waals surface area contributed by atoms with E-state index in [0.717, 1.165) is 22.8 Å². The Hall–Kier alpha value is -2.25. The molecule has 126 valence electrons. The molecule has 0 aliphatic carbocycles. The lowest BCUT2D eigenvalue weighted by atomic mass is 10.2. The minimum absolute atomic E-state index is 0.0747. The van der Waals surface area contributed by atoms with E-state index < -0.39 is 0 Å². The number of fused-ring (bicyclic) bond motifs is 1. The van der Waals surface area contributed by atoms with Crippen LogP contribution in [0, 0.1) is 0 Å². The summed E-state index contributed by atoms with van der Waals surface area (Å²) in [4.78, 5) is 27.4. The number of imide groups is 1. The van der Waals surface area contributed by atoms with Gasteiger partial charge in [-0.1, -0.05) is 0 Å². The molecule has 0 atom stereocenters. The van der Waals surface area contributed by atoms with Gasteiger partial charge in [-0.2, -0.15) is 0 Å². The first kappa shape index (κ1) is 16.6. The minimum Gasteiger partial charge on any atom is -0.457 e. The van der Waals surface area contributed by atoms with E-state index in [-0.39, 0.29) is 17.8 Å². The largest absolute Gasteiger partial charge is 0.457 e. The van der Waals surface area contributed by atoms with Gasteiger partial charge in [-0.05, 0) is 36.9 Å². The number of amides is 2. The average Bonchev–Trinajstić information content (AvgIpc) is 3.07. The molecule has 2 amide bonds. The molecule has 1 aliphatic rings. The van der Waals surface area contributed by atoms with E-state index in [1.54, 1.807) is 13.0 Å². The topological polar surface area (TPSA) is 74.0 Å². The first-order valence-corrected chi connectivity index (χ1v) is 8.46. The predicted molar refractivity (Wildman–Crippen MR) is 94.9 cm³/mol. The van der Waals surface area contributed by atoms with E-state index in [2.05, 4.69) is 0 Å². The van der Waals surface area contributed by atoms with Gasteiger partial charge in [-0.25, -0.2) is 0 Å². The Morgan fingerprint density at radius 3 is 2.79 bits per heavy atom. The monoisotopic (exact) mass is 346 g/mol. The molecule has 1 fully saturated rings. The van der Waals surface area contributed by atoms with Crippen LogP contribution in [0.5, 0.6) is 0 Å². The van der Waals surface area contributed by atoms with Crippen LogP contribution in [0.15, 0.2) is 33.6 Å². The molecule has 7 heteroatoms. The van der Waals surface area contributed by atoms with E-state index in [1.807, 2.05) is 36.2 Å². The van der Waals surface area contributed by atoms with Crippen LogP contribution in [-0.4, -0.2) is 47.9 Å². The lowest BCUT2D eigenvalue weighted by Crippen LogP contribution is -2.27. The summed E-state index contributed by atoms with van der Waals surface area (Å²) in [6.45, 7) is 2.74. The fraction of sp³-hybridized carbons (Fsp3) is 0.294. The highest BCUT2D eigenvalue weighted by atomic mass is 32.2. The number of furan rings is 1. The second kappa shape index (κ2) is 6.70. The SMILES string of the molecule is CCN1C(=O)S/C(=C\c2cc3ccc(N(C)CCO)cc3o2)C1=O. The standard InChI is InChI=1S/C17H18N2O4S/c1-3-19-16(21)15(24-17(19)22)10-13-8-11-4-5-12(9-14(11)23-13)18(2)6-7-20/h4-5,8-10,20H,3,6-7H2,1-2H3/b15-10-.